The zero-order valence-corrected chi connectivity index (χ0v) is 20.4. The largest absolute Gasteiger partial charge is 0.373 e. The third-order valence-corrected chi connectivity index (χ3v) is 6.67. The molecule has 174 valence electrons. The predicted octanol–water partition coefficient (Wildman–Crippen LogP) is 4.14. The number of para-hydroxylation sites is 2. The van der Waals surface area contributed by atoms with Crippen LogP contribution in [0, 0.1) is 13.8 Å². The molecule has 33 heavy (non-hydrogen) atoms. The summed E-state index contributed by atoms with van der Waals surface area (Å²) in [4.78, 5) is 14.6. The average molecular weight is 466 g/mol. The van der Waals surface area contributed by atoms with Crippen LogP contribution in [0.25, 0.3) is 0 Å². The van der Waals surface area contributed by atoms with E-state index in [2.05, 4.69) is 10.2 Å². The van der Waals surface area contributed by atoms with Crippen LogP contribution in [0.4, 0.5) is 11.4 Å². The summed E-state index contributed by atoms with van der Waals surface area (Å²) >= 11 is 0. The van der Waals surface area contributed by atoms with Gasteiger partial charge in [0.2, 0.25) is 10.0 Å². The molecule has 0 radical (unpaired) electrons. The lowest BCUT2D eigenvalue weighted by molar-refractivity contribution is 0.0954. The van der Waals surface area contributed by atoms with Crippen molar-refractivity contribution in [3.8, 4) is 0 Å². The number of sulfonamides is 1. The number of anilines is 2. The van der Waals surface area contributed by atoms with Gasteiger partial charge in [0.1, 0.15) is 0 Å². The fourth-order valence-corrected chi connectivity index (χ4v) is 4.74. The highest BCUT2D eigenvalue weighted by Gasteiger charge is 2.21. The molecule has 0 unspecified atom stereocenters. The highest BCUT2D eigenvalue weighted by atomic mass is 32.2. The van der Waals surface area contributed by atoms with Gasteiger partial charge in [0.25, 0.3) is 5.91 Å². The Morgan fingerprint density at radius 3 is 2.06 bits per heavy atom. The minimum Gasteiger partial charge on any atom is -0.373 e. The van der Waals surface area contributed by atoms with Crippen LogP contribution in [-0.2, 0) is 16.6 Å². The molecule has 0 aliphatic heterocycles. The SMILES string of the molecule is Cc1cccc(C)c1N(Cc1ccc(C(=O)NCCN(C)c2ccccc2)cc1)S(C)(=O)=O. The van der Waals surface area contributed by atoms with Gasteiger partial charge < -0.3 is 10.2 Å². The number of aryl methyl sites for hydroxylation is 2. The number of carbonyl (C=O) groups is 1. The lowest BCUT2D eigenvalue weighted by atomic mass is 10.1. The minimum atomic E-state index is -3.48. The molecule has 0 atom stereocenters. The van der Waals surface area contributed by atoms with Crippen molar-refractivity contribution < 1.29 is 13.2 Å². The minimum absolute atomic E-state index is 0.155. The zero-order chi connectivity index (χ0) is 24.0. The first kappa shape index (κ1) is 24.3. The number of hydrogen-bond donors (Lipinski definition) is 1. The number of carbonyl (C=O) groups excluding carboxylic acids is 1. The summed E-state index contributed by atoms with van der Waals surface area (Å²) < 4.78 is 26.5. The van der Waals surface area contributed by atoms with Crippen molar-refractivity contribution in [1.29, 1.82) is 0 Å². The van der Waals surface area contributed by atoms with E-state index < -0.39 is 10.0 Å². The lowest BCUT2D eigenvalue weighted by Crippen LogP contribution is -2.33. The van der Waals surface area contributed by atoms with Gasteiger partial charge in [-0.05, 0) is 54.8 Å². The molecule has 1 amide bonds. The van der Waals surface area contributed by atoms with E-state index >= 15 is 0 Å². The van der Waals surface area contributed by atoms with Gasteiger partial charge in [0, 0.05) is 31.4 Å². The number of benzene rings is 3. The number of likely N-dealkylation sites (N-methyl/N-ethyl adjacent to an activating group) is 1. The smallest absolute Gasteiger partial charge is 0.251 e. The van der Waals surface area contributed by atoms with Gasteiger partial charge in [-0.2, -0.15) is 0 Å². The van der Waals surface area contributed by atoms with E-state index in [0.717, 1.165) is 22.4 Å². The third kappa shape index (κ3) is 6.35. The molecule has 0 aliphatic carbocycles. The van der Waals surface area contributed by atoms with Crippen LogP contribution >= 0.6 is 0 Å². The van der Waals surface area contributed by atoms with Crippen molar-refractivity contribution in [1.82, 2.24) is 5.32 Å². The highest BCUT2D eigenvalue weighted by molar-refractivity contribution is 7.92. The van der Waals surface area contributed by atoms with Crippen molar-refractivity contribution in [2.45, 2.75) is 20.4 Å². The molecular weight excluding hydrogens is 434 g/mol. The second-order valence-electron chi connectivity index (χ2n) is 8.22. The summed E-state index contributed by atoms with van der Waals surface area (Å²) in [6.07, 6.45) is 1.22. The maximum atomic E-state index is 12.5. The summed E-state index contributed by atoms with van der Waals surface area (Å²) in [5.74, 6) is -0.155. The molecule has 0 saturated heterocycles. The fourth-order valence-electron chi connectivity index (χ4n) is 3.74. The van der Waals surface area contributed by atoms with E-state index in [9.17, 15) is 13.2 Å². The topological polar surface area (TPSA) is 69.7 Å². The lowest BCUT2D eigenvalue weighted by Gasteiger charge is -2.26. The van der Waals surface area contributed by atoms with Gasteiger partial charge in [-0.3, -0.25) is 9.10 Å². The summed E-state index contributed by atoms with van der Waals surface area (Å²) in [6, 6.07) is 22.8. The average Bonchev–Trinajstić information content (AvgIpc) is 2.78. The van der Waals surface area contributed by atoms with Gasteiger partial charge in [-0.25, -0.2) is 8.42 Å². The first-order valence-electron chi connectivity index (χ1n) is 10.8. The first-order valence-corrected chi connectivity index (χ1v) is 12.7. The summed E-state index contributed by atoms with van der Waals surface area (Å²) in [6.45, 7) is 5.22. The second-order valence-corrected chi connectivity index (χ2v) is 10.1. The van der Waals surface area contributed by atoms with E-state index in [4.69, 9.17) is 0 Å². The molecule has 3 aromatic carbocycles. The number of amides is 1. The van der Waals surface area contributed by atoms with Crippen molar-refractivity contribution in [3.05, 3.63) is 95.1 Å². The normalized spacial score (nSPS) is 11.2. The Balaban J connectivity index is 1.64. The molecule has 3 rings (SSSR count). The number of nitrogens with one attached hydrogen (secondary N) is 1. The molecule has 0 fully saturated rings. The quantitative estimate of drug-likeness (QED) is 0.516. The second kappa shape index (κ2) is 10.5. The van der Waals surface area contributed by atoms with Crippen molar-refractivity contribution in [2.24, 2.45) is 0 Å². The monoisotopic (exact) mass is 465 g/mol. The standard InChI is InChI=1S/C26H31N3O3S/c1-20-9-8-10-21(2)25(20)29(33(4,31)32)19-22-13-15-23(16-14-22)26(30)27-17-18-28(3)24-11-6-5-7-12-24/h5-16H,17-19H2,1-4H3,(H,27,30). The van der Waals surface area contributed by atoms with E-state index in [1.165, 1.54) is 10.6 Å². The molecule has 7 heteroatoms. The maximum Gasteiger partial charge on any atom is 0.251 e. The molecule has 0 saturated carbocycles. The Morgan fingerprint density at radius 2 is 1.48 bits per heavy atom. The number of hydrogen-bond acceptors (Lipinski definition) is 4. The maximum absolute atomic E-state index is 12.5. The Bertz CT molecular complexity index is 1170. The highest BCUT2D eigenvalue weighted by Crippen LogP contribution is 2.28. The molecule has 0 heterocycles. The molecule has 0 aliphatic rings. The van der Waals surface area contributed by atoms with Gasteiger partial charge in [-0.15, -0.1) is 0 Å². The molecule has 0 aromatic heterocycles. The Kier molecular flexibility index (Phi) is 7.76. The predicted molar refractivity (Wildman–Crippen MR) is 135 cm³/mol. The molecule has 3 aromatic rings. The molecule has 0 spiro atoms. The van der Waals surface area contributed by atoms with E-state index in [-0.39, 0.29) is 12.5 Å². The summed E-state index contributed by atoms with van der Waals surface area (Å²) in [5.41, 5.74) is 4.94. The van der Waals surface area contributed by atoms with Crippen LogP contribution in [0.2, 0.25) is 0 Å². The van der Waals surface area contributed by atoms with Crippen molar-refractivity contribution >= 4 is 27.3 Å². The Morgan fingerprint density at radius 1 is 0.879 bits per heavy atom. The Labute approximate surface area is 196 Å². The number of nitrogens with zero attached hydrogens (tertiary/aromatic N) is 2. The molecule has 6 nitrogen and oxygen atoms in total. The molecular formula is C26H31N3O3S. The van der Waals surface area contributed by atoms with Crippen LogP contribution in [-0.4, -0.2) is 40.7 Å². The van der Waals surface area contributed by atoms with Gasteiger partial charge in [0.05, 0.1) is 18.5 Å². The van der Waals surface area contributed by atoms with Crippen LogP contribution in [0.15, 0.2) is 72.8 Å². The van der Waals surface area contributed by atoms with Crippen LogP contribution < -0.4 is 14.5 Å². The van der Waals surface area contributed by atoms with E-state index in [1.807, 2.05) is 69.4 Å². The van der Waals surface area contributed by atoms with E-state index in [1.54, 1.807) is 24.3 Å². The molecule has 0 bridgehead atoms. The third-order valence-electron chi connectivity index (χ3n) is 5.56. The first-order chi connectivity index (χ1) is 15.7. The summed E-state index contributed by atoms with van der Waals surface area (Å²) in [7, 11) is -1.50. The van der Waals surface area contributed by atoms with E-state index in [0.29, 0.717) is 24.3 Å². The fraction of sp³-hybridized carbons (Fsp3) is 0.269. The van der Waals surface area contributed by atoms with Crippen LogP contribution in [0.5, 0.6) is 0 Å². The van der Waals surface area contributed by atoms with Gasteiger partial charge >= 0.3 is 0 Å². The van der Waals surface area contributed by atoms with Gasteiger partial charge in [0.15, 0.2) is 0 Å². The van der Waals surface area contributed by atoms with Crippen LogP contribution in [0.1, 0.15) is 27.0 Å². The van der Waals surface area contributed by atoms with Gasteiger partial charge in [-0.1, -0.05) is 48.5 Å². The van der Waals surface area contributed by atoms with Crippen molar-refractivity contribution in [3.63, 3.8) is 0 Å². The van der Waals surface area contributed by atoms with Crippen LogP contribution in [0.3, 0.4) is 0 Å². The summed E-state index contributed by atoms with van der Waals surface area (Å²) in [5, 5.41) is 2.94. The molecule has 1 N–H and O–H groups in total. The van der Waals surface area contributed by atoms with Crippen molar-refractivity contribution in [2.75, 3.05) is 35.6 Å². The number of rotatable bonds is 9. The Hall–Kier alpha value is -3.32. The zero-order valence-electron chi connectivity index (χ0n) is 19.6.